The molecule has 1 aliphatic heterocycles. The van der Waals surface area contributed by atoms with E-state index in [1.54, 1.807) is 0 Å². The number of nitrogens with one attached hydrogen (secondary N) is 1. The summed E-state index contributed by atoms with van der Waals surface area (Å²) in [7, 11) is 5.85. The van der Waals surface area contributed by atoms with Gasteiger partial charge in [0.2, 0.25) is 0 Å². The molecule has 1 aromatic rings. The maximum atomic E-state index is 5.41. The second-order valence-electron chi connectivity index (χ2n) is 5.69. The summed E-state index contributed by atoms with van der Waals surface area (Å²) < 4.78 is 7.22. The summed E-state index contributed by atoms with van der Waals surface area (Å²) in [4.78, 5) is 6.55. The molecule has 1 saturated heterocycles. The van der Waals surface area contributed by atoms with E-state index in [1.165, 1.54) is 19.3 Å². The van der Waals surface area contributed by atoms with Gasteiger partial charge in [0, 0.05) is 59.2 Å². The van der Waals surface area contributed by atoms with Crippen molar-refractivity contribution in [1.82, 2.24) is 20.0 Å². The third kappa shape index (κ3) is 5.04. The van der Waals surface area contributed by atoms with Crippen molar-refractivity contribution >= 4 is 5.96 Å². The maximum absolute atomic E-state index is 5.41. The van der Waals surface area contributed by atoms with Crippen molar-refractivity contribution in [1.29, 1.82) is 0 Å². The largest absolute Gasteiger partial charge is 0.381 e. The molecule has 118 valence electrons. The van der Waals surface area contributed by atoms with E-state index < -0.39 is 0 Å². The zero-order valence-corrected chi connectivity index (χ0v) is 13.4. The first-order valence-electron chi connectivity index (χ1n) is 7.66. The third-order valence-corrected chi connectivity index (χ3v) is 4.00. The molecule has 0 aliphatic carbocycles. The van der Waals surface area contributed by atoms with Gasteiger partial charge < -0.3 is 15.0 Å². The minimum absolute atomic E-state index is 0.752. The van der Waals surface area contributed by atoms with Crippen molar-refractivity contribution in [3.05, 3.63) is 18.0 Å². The second kappa shape index (κ2) is 8.02. The van der Waals surface area contributed by atoms with Crippen molar-refractivity contribution in [2.24, 2.45) is 18.0 Å². The summed E-state index contributed by atoms with van der Waals surface area (Å²) in [5, 5.41) is 7.56. The normalized spacial score (nSPS) is 17.0. The van der Waals surface area contributed by atoms with Crippen molar-refractivity contribution in [3.63, 3.8) is 0 Å². The van der Waals surface area contributed by atoms with Crippen LogP contribution in [0.25, 0.3) is 0 Å². The van der Waals surface area contributed by atoms with E-state index in [9.17, 15) is 0 Å². The lowest BCUT2D eigenvalue weighted by molar-refractivity contribution is 0.0625. The molecule has 21 heavy (non-hydrogen) atoms. The van der Waals surface area contributed by atoms with Gasteiger partial charge in [-0.2, -0.15) is 5.10 Å². The standard InChI is InChI=1S/C15H27N5O/c1-16-15(17-10-14-11-18-20(3)12-14)19(2)7-4-13-5-8-21-9-6-13/h11-13H,4-10H2,1-3H3,(H,16,17). The molecule has 1 aliphatic rings. The van der Waals surface area contributed by atoms with Crippen molar-refractivity contribution in [2.45, 2.75) is 25.8 Å². The molecule has 6 nitrogen and oxygen atoms in total. The number of aromatic nitrogens is 2. The molecule has 1 fully saturated rings. The minimum Gasteiger partial charge on any atom is -0.381 e. The molecule has 0 radical (unpaired) electrons. The van der Waals surface area contributed by atoms with Gasteiger partial charge in [-0.1, -0.05) is 0 Å². The van der Waals surface area contributed by atoms with E-state index in [-0.39, 0.29) is 0 Å². The summed E-state index contributed by atoms with van der Waals surface area (Å²) in [6, 6.07) is 0. The third-order valence-electron chi connectivity index (χ3n) is 4.00. The van der Waals surface area contributed by atoms with Crippen LogP contribution in [0.2, 0.25) is 0 Å². The van der Waals surface area contributed by atoms with E-state index in [1.807, 2.05) is 31.2 Å². The number of ether oxygens (including phenoxy) is 1. The van der Waals surface area contributed by atoms with Gasteiger partial charge in [0.25, 0.3) is 0 Å². The first-order chi connectivity index (χ1) is 10.2. The first kappa shape index (κ1) is 15.8. The summed E-state index contributed by atoms with van der Waals surface area (Å²) >= 11 is 0. The lowest BCUT2D eigenvalue weighted by atomic mass is 9.96. The van der Waals surface area contributed by atoms with Gasteiger partial charge in [0.05, 0.1) is 6.20 Å². The number of guanidine groups is 1. The van der Waals surface area contributed by atoms with Gasteiger partial charge in [-0.05, 0) is 25.2 Å². The SMILES string of the molecule is CN=C(NCc1cnn(C)c1)N(C)CCC1CCOCC1. The number of aliphatic imine (C=N–C) groups is 1. The quantitative estimate of drug-likeness (QED) is 0.655. The van der Waals surface area contributed by atoms with Crippen LogP contribution in [-0.4, -0.2) is 54.5 Å². The predicted molar refractivity (Wildman–Crippen MR) is 84.2 cm³/mol. The van der Waals surface area contributed by atoms with Crippen LogP contribution in [0.15, 0.2) is 17.4 Å². The Balaban J connectivity index is 1.74. The molecule has 0 spiro atoms. The van der Waals surface area contributed by atoms with Crippen LogP contribution in [0.5, 0.6) is 0 Å². The van der Waals surface area contributed by atoms with E-state index in [2.05, 4.69) is 27.4 Å². The molecule has 1 aromatic heterocycles. The number of hydrogen-bond acceptors (Lipinski definition) is 3. The highest BCUT2D eigenvalue weighted by Gasteiger charge is 2.15. The van der Waals surface area contributed by atoms with Crippen LogP contribution in [0.4, 0.5) is 0 Å². The van der Waals surface area contributed by atoms with Crippen LogP contribution in [0.1, 0.15) is 24.8 Å². The van der Waals surface area contributed by atoms with E-state index in [0.717, 1.165) is 43.7 Å². The van der Waals surface area contributed by atoms with E-state index in [0.29, 0.717) is 0 Å². The van der Waals surface area contributed by atoms with E-state index in [4.69, 9.17) is 4.74 Å². The van der Waals surface area contributed by atoms with Crippen molar-refractivity contribution in [3.8, 4) is 0 Å². The van der Waals surface area contributed by atoms with Crippen LogP contribution in [0, 0.1) is 5.92 Å². The zero-order valence-electron chi connectivity index (χ0n) is 13.4. The summed E-state index contributed by atoms with van der Waals surface area (Å²) in [5.74, 6) is 1.73. The van der Waals surface area contributed by atoms with Crippen LogP contribution in [-0.2, 0) is 18.3 Å². The summed E-state index contributed by atoms with van der Waals surface area (Å²) in [6.45, 7) is 3.62. The minimum atomic E-state index is 0.752. The van der Waals surface area contributed by atoms with Crippen LogP contribution < -0.4 is 5.32 Å². The number of rotatable bonds is 5. The Morgan fingerprint density at radius 2 is 2.29 bits per heavy atom. The van der Waals surface area contributed by atoms with Gasteiger partial charge in [0.1, 0.15) is 0 Å². The Hall–Kier alpha value is -1.56. The van der Waals surface area contributed by atoms with Crippen molar-refractivity contribution < 1.29 is 4.74 Å². The molecule has 2 rings (SSSR count). The molecular formula is C15H27N5O. The Morgan fingerprint density at radius 3 is 2.90 bits per heavy atom. The molecule has 0 aromatic carbocycles. The highest BCUT2D eigenvalue weighted by Crippen LogP contribution is 2.18. The highest BCUT2D eigenvalue weighted by atomic mass is 16.5. The molecule has 0 amide bonds. The number of aryl methyl sites for hydroxylation is 1. The average molecular weight is 293 g/mol. The summed E-state index contributed by atoms with van der Waals surface area (Å²) in [5.41, 5.74) is 1.16. The Morgan fingerprint density at radius 1 is 1.52 bits per heavy atom. The fraction of sp³-hybridized carbons (Fsp3) is 0.733. The van der Waals surface area contributed by atoms with Gasteiger partial charge in [-0.3, -0.25) is 9.67 Å². The molecule has 0 saturated carbocycles. The van der Waals surface area contributed by atoms with Crippen molar-refractivity contribution in [2.75, 3.05) is 33.9 Å². The van der Waals surface area contributed by atoms with E-state index >= 15 is 0 Å². The predicted octanol–water partition coefficient (Wildman–Crippen LogP) is 1.24. The number of nitrogens with zero attached hydrogens (tertiary/aromatic N) is 4. The topological polar surface area (TPSA) is 54.7 Å². The van der Waals surface area contributed by atoms with Gasteiger partial charge in [-0.25, -0.2) is 0 Å². The molecule has 0 bridgehead atoms. The van der Waals surface area contributed by atoms with Gasteiger partial charge in [-0.15, -0.1) is 0 Å². The first-order valence-corrected chi connectivity index (χ1v) is 7.66. The highest BCUT2D eigenvalue weighted by molar-refractivity contribution is 5.79. The molecule has 0 atom stereocenters. The van der Waals surface area contributed by atoms with Crippen LogP contribution >= 0.6 is 0 Å². The molecular weight excluding hydrogens is 266 g/mol. The van der Waals surface area contributed by atoms with Gasteiger partial charge in [0.15, 0.2) is 5.96 Å². The fourth-order valence-corrected chi connectivity index (χ4v) is 2.65. The molecule has 2 heterocycles. The Labute approximate surface area is 127 Å². The summed E-state index contributed by atoms with van der Waals surface area (Å²) in [6.07, 6.45) is 7.48. The zero-order chi connectivity index (χ0) is 15.1. The lowest BCUT2D eigenvalue weighted by Crippen LogP contribution is -2.39. The smallest absolute Gasteiger partial charge is 0.193 e. The molecule has 6 heteroatoms. The molecule has 1 N–H and O–H groups in total. The Bertz CT molecular complexity index is 451. The van der Waals surface area contributed by atoms with Crippen LogP contribution in [0.3, 0.4) is 0 Å². The lowest BCUT2D eigenvalue weighted by Gasteiger charge is -2.26. The average Bonchev–Trinajstić information content (AvgIpc) is 2.92. The fourth-order valence-electron chi connectivity index (χ4n) is 2.65. The Kier molecular flexibility index (Phi) is 6.04. The maximum Gasteiger partial charge on any atom is 0.193 e. The monoisotopic (exact) mass is 293 g/mol. The second-order valence-corrected chi connectivity index (χ2v) is 5.69. The number of hydrogen-bond donors (Lipinski definition) is 1. The molecule has 0 unspecified atom stereocenters. The van der Waals surface area contributed by atoms with Gasteiger partial charge >= 0.3 is 0 Å².